The average molecular weight is 603 g/mol. The average Bonchev–Trinajstić information content (AvgIpc) is 3.74. The van der Waals surface area contributed by atoms with Crippen molar-refractivity contribution in [2.45, 2.75) is 51.1 Å². The summed E-state index contributed by atoms with van der Waals surface area (Å²) in [5, 5.41) is 7.23. The van der Waals surface area contributed by atoms with Crippen LogP contribution in [-0.2, 0) is 11.3 Å². The maximum absolute atomic E-state index is 12.2. The summed E-state index contributed by atoms with van der Waals surface area (Å²) in [5.41, 5.74) is 4.47. The van der Waals surface area contributed by atoms with Gasteiger partial charge in [-0.3, -0.25) is 9.69 Å². The van der Waals surface area contributed by atoms with E-state index in [2.05, 4.69) is 37.6 Å². The molecule has 0 radical (unpaired) electrons. The second-order valence-corrected chi connectivity index (χ2v) is 11.9. The van der Waals surface area contributed by atoms with Crippen LogP contribution in [0.1, 0.15) is 44.1 Å². The van der Waals surface area contributed by atoms with E-state index in [0.29, 0.717) is 29.9 Å². The Labute approximate surface area is 257 Å². The van der Waals surface area contributed by atoms with E-state index in [1.54, 1.807) is 13.3 Å². The number of pyridine rings is 1. The highest BCUT2D eigenvalue weighted by molar-refractivity contribution is 6.34. The smallest absolute Gasteiger partial charge is 0.223 e. The summed E-state index contributed by atoms with van der Waals surface area (Å²) in [4.78, 5) is 27.4. The minimum atomic E-state index is 0.152. The number of carbonyl (C=O) groups excluding carboxylic acids is 1. The SMILES string of the molecule is COc1ccc(CN2CCC(Nc3c(Cl)cnc4[nH]c(-c5ccc(OCCNC(=O)C6CCCC6)cc5)nc34)CC2)cc1. The molecule has 1 aliphatic heterocycles. The van der Waals surface area contributed by atoms with Gasteiger partial charge in [0, 0.05) is 37.2 Å². The Bertz CT molecular complexity index is 1510. The number of benzene rings is 2. The number of H-pyrrole nitrogens is 1. The topological polar surface area (TPSA) is 104 Å². The lowest BCUT2D eigenvalue weighted by atomic mass is 10.0. The van der Waals surface area contributed by atoms with Crippen LogP contribution < -0.4 is 20.1 Å². The first kappa shape index (κ1) is 29.3. The quantitative estimate of drug-likeness (QED) is 0.180. The molecule has 2 aromatic carbocycles. The Morgan fingerprint density at radius 1 is 1.02 bits per heavy atom. The number of amides is 1. The van der Waals surface area contributed by atoms with Crippen LogP contribution in [0, 0.1) is 5.92 Å². The number of methoxy groups -OCH3 is 1. The molecule has 10 heteroatoms. The molecule has 3 N–H and O–H groups in total. The van der Waals surface area contributed by atoms with E-state index in [0.717, 1.165) is 92.3 Å². The van der Waals surface area contributed by atoms with Gasteiger partial charge in [0.05, 0.1) is 30.6 Å². The van der Waals surface area contributed by atoms with Crippen LogP contribution in [0.2, 0.25) is 5.02 Å². The Morgan fingerprint density at radius 3 is 2.47 bits per heavy atom. The third-order valence-electron chi connectivity index (χ3n) is 8.49. The van der Waals surface area contributed by atoms with Crippen LogP contribution in [-0.4, -0.2) is 65.2 Å². The molecule has 226 valence electrons. The fourth-order valence-electron chi connectivity index (χ4n) is 6.02. The number of ether oxygens (including phenoxy) is 2. The van der Waals surface area contributed by atoms with E-state index in [1.807, 2.05) is 36.4 Å². The van der Waals surface area contributed by atoms with Gasteiger partial charge in [-0.05, 0) is 67.6 Å². The van der Waals surface area contributed by atoms with E-state index in [4.69, 9.17) is 26.1 Å². The Balaban J connectivity index is 1.03. The number of piperidine rings is 1. The van der Waals surface area contributed by atoms with Gasteiger partial charge in [-0.15, -0.1) is 0 Å². The van der Waals surface area contributed by atoms with Crippen LogP contribution in [0.3, 0.4) is 0 Å². The number of nitrogens with one attached hydrogen (secondary N) is 3. The molecule has 1 aliphatic carbocycles. The minimum Gasteiger partial charge on any atom is -0.497 e. The monoisotopic (exact) mass is 602 g/mol. The second-order valence-electron chi connectivity index (χ2n) is 11.5. The van der Waals surface area contributed by atoms with Crippen molar-refractivity contribution in [3.05, 3.63) is 65.3 Å². The molecule has 4 aromatic rings. The molecule has 1 saturated carbocycles. The molecular weight excluding hydrogens is 564 g/mol. The summed E-state index contributed by atoms with van der Waals surface area (Å²) < 4.78 is 11.1. The van der Waals surface area contributed by atoms with Crippen molar-refractivity contribution in [1.29, 1.82) is 0 Å². The van der Waals surface area contributed by atoms with Gasteiger partial charge >= 0.3 is 0 Å². The summed E-state index contributed by atoms with van der Waals surface area (Å²) in [7, 11) is 1.69. The van der Waals surface area contributed by atoms with Crippen molar-refractivity contribution < 1.29 is 14.3 Å². The summed E-state index contributed by atoms with van der Waals surface area (Å²) in [6, 6.07) is 16.4. The number of carbonyl (C=O) groups is 1. The van der Waals surface area contributed by atoms with E-state index in [1.165, 1.54) is 5.56 Å². The molecule has 0 atom stereocenters. The zero-order chi connectivity index (χ0) is 29.6. The summed E-state index contributed by atoms with van der Waals surface area (Å²) in [6.07, 6.45) is 8.01. The van der Waals surface area contributed by atoms with Crippen molar-refractivity contribution in [3.63, 3.8) is 0 Å². The first-order valence-electron chi connectivity index (χ1n) is 15.2. The molecule has 3 heterocycles. The van der Waals surface area contributed by atoms with Crippen LogP contribution in [0.5, 0.6) is 11.5 Å². The Morgan fingerprint density at radius 2 is 1.74 bits per heavy atom. The number of hydrogen-bond acceptors (Lipinski definition) is 7. The number of halogens is 1. The first-order valence-corrected chi connectivity index (χ1v) is 15.6. The predicted octanol–water partition coefficient (Wildman–Crippen LogP) is 6.05. The number of aromatic nitrogens is 3. The Kier molecular flexibility index (Phi) is 9.29. The number of nitrogens with zero attached hydrogens (tertiary/aromatic N) is 3. The van der Waals surface area contributed by atoms with Crippen molar-refractivity contribution >= 4 is 34.4 Å². The molecule has 43 heavy (non-hydrogen) atoms. The predicted molar refractivity (Wildman–Crippen MR) is 170 cm³/mol. The van der Waals surface area contributed by atoms with Crippen molar-refractivity contribution in [1.82, 2.24) is 25.2 Å². The minimum absolute atomic E-state index is 0.152. The highest BCUT2D eigenvalue weighted by Crippen LogP contribution is 2.33. The summed E-state index contributed by atoms with van der Waals surface area (Å²) in [5.74, 6) is 2.67. The zero-order valence-corrected chi connectivity index (χ0v) is 25.3. The van der Waals surface area contributed by atoms with Gasteiger partial charge in [0.1, 0.15) is 29.4 Å². The second kappa shape index (κ2) is 13.7. The van der Waals surface area contributed by atoms with Crippen LogP contribution in [0.4, 0.5) is 5.69 Å². The molecule has 0 unspecified atom stereocenters. The largest absolute Gasteiger partial charge is 0.497 e. The standard InChI is InChI=1S/C33H39ClN6O3/c1-42-26-10-6-22(7-11-26)21-40-17-14-25(15-18-40)37-29-28(34)20-36-32-30(29)38-31(39-32)23-8-12-27(13-9-23)43-19-16-35-33(41)24-4-2-3-5-24/h6-13,20,24-25H,2-5,14-19,21H2,1H3,(H,35,41)(H2,36,37,38,39). The van der Waals surface area contributed by atoms with Gasteiger partial charge in [-0.2, -0.15) is 0 Å². The fraction of sp³-hybridized carbons (Fsp3) is 0.424. The van der Waals surface area contributed by atoms with Gasteiger partial charge in [-0.25, -0.2) is 9.97 Å². The van der Waals surface area contributed by atoms with Crippen LogP contribution in [0.15, 0.2) is 54.7 Å². The van der Waals surface area contributed by atoms with E-state index < -0.39 is 0 Å². The number of anilines is 1. The van der Waals surface area contributed by atoms with Crippen LogP contribution >= 0.6 is 11.6 Å². The summed E-state index contributed by atoms with van der Waals surface area (Å²) in [6.45, 7) is 3.87. The number of aromatic amines is 1. The first-order chi connectivity index (χ1) is 21.1. The van der Waals surface area contributed by atoms with Crippen molar-refractivity contribution in [2.75, 3.05) is 38.7 Å². The molecule has 2 fully saturated rings. The normalized spacial score (nSPS) is 16.4. The van der Waals surface area contributed by atoms with Gasteiger partial charge in [0.2, 0.25) is 5.91 Å². The molecule has 2 aliphatic rings. The molecule has 1 amide bonds. The maximum Gasteiger partial charge on any atom is 0.223 e. The third-order valence-corrected chi connectivity index (χ3v) is 8.78. The number of fused-ring (bicyclic) bond motifs is 1. The van der Waals surface area contributed by atoms with E-state index in [9.17, 15) is 4.79 Å². The molecule has 0 bridgehead atoms. The molecule has 6 rings (SSSR count). The lowest BCUT2D eigenvalue weighted by molar-refractivity contribution is -0.124. The van der Waals surface area contributed by atoms with Gasteiger partial charge in [0.15, 0.2) is 5.65 Å². The van der Waals surface area contributed by atoms with Gasteiger partial charge in [-0.1, -0.05) is 36.6 Å². The molecule has 9 nitrogen and oxygen atoms in total. The zero-order valence-electron chi connectivity index (χ0n) is 24.6. The molecule has 2 aromatic heterocycles. The highest BCUT2D eigenvalue weighted by Gasteiger charge is 2.23. The van der Waals surface area contributed by atoms with Gasteiger partial charge < -0.3 is 25.1 Å². The number of rotatable bonds is 11. The summed E-state index contributed by atoms with van der Waals surface area (Å²) >= 11 is 6.63. The van der Waals surface area contributed by atoms with Gasteiger partial charge in [0.25, 0.3) is 0 Å². The number of likely N-dealkylation sites (tertiary alicyclic amines) is 1. The molecule has 0 spiro atoms. The molecule has 1 saturated heterocycles. The third kappa shape index (κ3) is 7.22. The van der Waals surface area contributed by atoms with E-state index >= 15 is 0 Å². The maximum atomic E-state index is 12.2. The number of hydrogen-bond donors (Lipinski definition) is 3. The van der Waals surface area contributed by atoms with Crippen LogP contribution in [0.25, 0.3) is 22.6 Å². The van der Waals surface area contributed by atoms with Crippen molar-refractivity contribution in [2.24, 2.45) is 5.92 Å². The van der Waals surface area contributed by atoms with E-state index in [-0.39, 0.29) is 11.8 Å². The number of imidazole rings is 1. The lowest BCUT2D eigenvalue weighted by Crippen LogP contribution is -2.38. The molecular formula is C33H39ClN6O3. The highest BCUT2D eigenvalue weighted by atomic mass is 35.5. The fourth-order valence-corrected chi connectivity index (χ4v) is 6.21. The van der Waals surface area contributed by atoms with Crippen molar-refractivity contribution in [3.8, 4) is 22.9 Å². The lowest BCUT2D eigenvalue weighted by Gasteiger charge is -2.33. The Hall–Kier alpha value is -3.82.